The highest BCUT2D eigenvalue weighted by Gasteiger charge is 2.13. The molecule has 0 heterocycles. The van der Waals surface area contributed by atoms with E-state index in [4.69, 9.17) is 16.2 Å². The molecule has 0 aliphatic carbocycles. The minimum atomic E-state index is -0.367. The van der Waals surface area contributed by atoms with Gasteiger partial charge in [-0.15, -0.1) is 0 Å². The van der Waals surface area contributed by atoms with Gasteiger partial charge in [0, 0.05) is 12.6 Å². The summed E-state index contributed by atoms with van der Waals surface area (Å²) in [6.45, 7) is 3.01. The highest BCUT2D eigenvalue weighted by Crippen LogP contribution is 2.28. The van der Waals surface area contributed by atoms with E-state index in [0.29, 0.717) is 11.4 Å². The second-order valence-corrected chi connectivity index (χ2v) is 4.17. The van der Waals surface area contributed by atoms with Crippen LogP contribution in [-0.2, 0) is 4.79 Å². The maximum atomic E-state index is 11.1. The lowest BCUT2D eigenvalue weighted by atomic mass is 10.2. The quantitative estimate of drug-likeness (QED) is 0.717. The largest absolute Gasteiger partial charge is 0.497 e. The Balaban J connectivity index is 2.98. The van der Waals surface area contributed by atoms with Crippen LogP contribution < -0.4 is 21.1 Å². The number of amides is 1. The van der Waals surface area contributed by atoms with E-state index in [1.807, 2.05) is 11.0 Å². The van der Waals surface area contributed by atoms with Crippen molar-refractivity contribution in [2.75, 3.05) is 30.8 Å². The fraction of sp³-hybridized carbons (Fsp3) is 0.462. The molecule has 0 spiro atoms. The summed E-state index contributed by atoms with van der Waals surface area (Å²) < 4.78 is 5.17. The highest BCUT2D eigenvalue weighted by molar-refractivity contribution is 5.82. The number of nitrogen functional groups attached to an aromatic ring is 1. The number of primary amides is 1. The third-order valence-electron chi connectivity index (χ3n) is 2.71. The zero-order chi connectivity index (χ0) is 13.5. The Bertz CT molecular complexity index is 407. The van der Waals surface area contributed by atoms with Crippen molar-refractivity contribution >= 4 is 17.3 Å². The molecule has 4 N–H and O–H groups in total. The normalized spacial score (nSPS) is 10.1. The van der Waals surface area contributed by atoms with Gasteiger partial charge >= 0.3 is 0 Å². The number of anilines is 2. The summed E-state index contributed by atoms with van der Waals surface area (Å²) >= 11 is 0. The van der Waals surface area contributed by atoms with Crippen LogP contribution in [0.4, 0.5) is 11.4 Å². The van der Waals surface area contributed by atoms with E-state index >= 15 is 0 Å². The number of rotatable bonds is 7. The van der Waals surface area contributed by atoms with Crippen molar-refractivity contribution in [3.8, 4) is 5.75 Å². The maximum Gasteiger partial charge on any atom is 0.236 e. The topological polar surface area (TPSA) is 81.6 Å². The van der Waals surface area contributed by atoms with Crippen LogP contribution in [0.1, 0.15) is 19.8 Å². The van der Waals surface area contributed by atoms with Crippen molar-refractivity contribution in [3.05, 3.63) is 18.2 Å². The van der Waals surface area contributed by atoms with Gasteiger partial charge < -0.3 is 21.1 Å². The fourth-order valence-electron chi connectivity index (χ4n) is 1.75. The SMILES string of the molecule is CCCCN(CC(N)=O)c1cc(OC)ccc1N. The van der Waals surface area contributed by atoms with Crippen molar-refractivity contribution in [2.24, 2.45) is 5.73 Å². The van der Waals surface area contributed by atoms with Crippen molar-refractivity contribution < 1.29 is 9.53 Å². The number of unbranched alkanes of at least 4 members (excludes halogenated alkanes) is 1. The summed E-state index contributed by atoms with van der Waals surface area (Å²) in [5.41, 5.74) is 12.6. The molecule has 5 heteroatoms. The average molecular weight is 251 g/mol. The summed E-state index contributed by atoms with van der Waals surface area (Å²) in [5.74, 6) is 0.346. The van der Waals surface area contributed by atoms with Crippen LogP contribution in [0.25, 0.3) is 0 Å². The third-order valence-corrected chi connectivity index (χ3v) is 2.71. The van der Waals surface area contributed by atoms with Crippen molar-refractivity contribution in [3.63, 3.8) is 0 Å². The molecule has 0 aliphatic heterocycles. The van der Waals surface area contributed by atoms with Crippen molar-refractivity contribution in [2.45, 2.75) is 19.8 Å². The standard InChI is InChI=1S/C13H21N3O2/c1-3-4-7-16(9-13(15)17)12-8-10(18-2)5-6-11(12)14/h5-6,8H,3-4,7,9,14H2,1-2H3,(H2,15,17). The number of methoxy groups -OCH3 is 1. The van der Waals surface area contributed by atoms with Gasteiger partial charge in [0.15, 0.2) is 0 Å². The lowest BCUT2D eigenvalue weighted by Gasteiger charge is -2.25. The van der Waals surface area contributed by atoms with Crippen LogP contribution in [0.2, 0.25) is 0 Å². The van der Waals surface area contributed by atoms with Crippen LogP contribution in [0, 0.1) is 0 Å². The first-order chi connectivity index (χ1) is 8.58. The van der Waals surface area contributed by atoms with Gasteiger partial charge in [-0.05, 0) is 18.6 Å². The van der Waals surface area contributed by atoms with Gasteiger partial charge in [-0.2, -0.15) is 0 Å². The van der Waals surface area contributed by atoms with Crippen molar-refractivity contribution in [1.82, 2.24) is 0 Å². The summed E-state index contributed by atoms with van der Waals surface area (Å²) in [7, 11) is 1.60. The summed E-state index contributed by atoms with van der Waals surface area (Å²) in [6.07, 6.45) is 2.02. The van der Waals surface area contributed by atoms with Crippen LogP contribution in [0.15, 0.2) is 18.2 Å². The van der Waals surface area contributed by atoms with E-state index in [-0.39, 0.29) is 12.5 Å². The Morgan fingerprint density at radius 2 is 2.17 bits per heavy atom. The molecule has 1 aromatic carbocycles. The number of hydrogen-bond acceptors (Lipinski definition) is 4. The second-order valence-electron chi connectivity index (χ2n) is 4.17. The minimum Gasteiger partial charge on any atom is -0.497 e. The third kappa shape index (κ3) is 3.84. The molecule has 18 heavy (non-hydrogen) atoms. The Labute approximate surface area is 108 Å². The molecular weight excluding hydrogens is 230 g/mol. The van der Waals surface area contributed by atoms with Gasteiger partial charge in [-0.25, -0.2) is 0 Å². The first-order valence-corrected chi connectivity index (χ1v) is 6.05. The predicted molar refractivity (Wildman–Crippen MR) is 73.7 cm³/mol. The monoisotopic (exact) mass is 251 g/mol. The number of nitrogens with two attached hydrogens (primary N) is 2. The van der Waals surface area contributed by atoms with Gasteiger partial charge in [0.05, 0.1) is 25.0 Å². The highest BCUT2D eigenvalue weighted by atomic mass is 16.5. The van der Waals surface area contributed by atoms with E-state index in [0.717, 1.165) is 25.1 Å². The summed E-state index contributed by atoms with van der Waals surface area (Å²) in [6, 6.07) is 5.39. The first-order valence-electron chi connectivity index (χ1n) is 6.05. The van der Waals surface area contributed by atoms with Crippen LogP contribution in [0.5, 0.6) is 5.75 Å². The zero-order valence-electron chi connectivity index (χ0n) is 11.0. The number of hydrogen-bond donors (Lipinski definition) is 2. The molecule has 1 rings (SSSR count). The van der Waals surface area contributed by atoms with Crippen LogP contribution in [-0.4, -0.2) is 26.1 Å². The summed E-state index contributed by atoms with van der Waals surface area (Å²) in [5, 5.41) is 0. The molecule has 0 fully saturated rings. The Morgan fingerprint density at radius 1 is 1.44 bits per heavy atom. The molecule has 0 unspecified atom stereocenters. The number of carbonyl (C=O) groups excluding carboxylic acids is 1. The lowest BCUT2D eigenvalue weighted by Crippen LogP contribution is -2.35. The molecule has 1 aromatic rings. The number of ether oxygens (including phenoxy) is 1. The molecule has 0 bridgehead atoms. The smallest absolute Gasteiger partial charge is 0.236 e. The molecule has 0 aliphatic rings. The average Bonchev–Trinajstić information content (AvgIpc) is 2.35. The summed E-state index contributed by atoms with van der Waals surface area (Å²) in [4.78, 5) is 13.0. The van der Waals surface area contributed by atoms with E-state index in [1.165, 1.54) is 0 Å². The van der Waals surface area contributed by atoms with Gasteiger partial charge in [0.1, 0.15) is 5.75 Å². The molecule has 0 saturated heterocycles. The number of benzene rings is 1. The predicted octanol–water partition coefficient (Wildman–Crippen LogP) is 1.37. The molecule has 5 nitrogen and oxygen atoms in total. The second kappa shape index (κ2) is 6.74. The van der Waals surface area contributed by atoms with Gasteiger partial charge in [0.25, 0.3) is 0 Å². The fourth-order valence-corrected chi connectivity index (χ4v) is 1.75. The van der Waals surface area contributed by atoms with E-state index < -0.39 is 0 Å². The van der Waals surface area contributed by atoms with E-state index in [1.54, 1.807) is 19.2 Å². The molecule has 0 saturated carbocycles. The van der Waals surface area contributed by atoms with Crippen LogP contribution in [0.3, 0.4) is 0 Å². The van der Waals surface area contributed by atoms with Crippen LogP contribution >= 0.6 is 0 Å². The van der Waals surface area contributed by atoms with Gasteiger partial charge in [-0.1, -0.05) is 13.3 Å². The van der Waals surface area contributed by atoms with E-state index in [9.17, 15) is 4.79 Å². The molecule has 1 amide bonds. The molecular formula is C13H21N3O2. The van der Waals surface area contributed by atoms with Gasteiger partial charge in [0.2, 0.25) is 5.91 Å². The Kier molecular flexibility index (Phi) is 5.30. The molecule has 0 atom stereocenters. The maximum absolute atomic E-state index is 11.1. The molecule has 0 aromatic heterocycles. The van der Waals surface area contributed by atoms with Gasteiger partial charge in [-0.3, -0.25) is 4.79 Å². The Morgan fingerprint density at radius 3 is 2.72 bits per heavy atom. The Hall–Kier alpha value is -1.91. The lowest BCUT2D eigenvalue weighted by molar-refractivity contribution is -0.116. The molecule has 100 valence electrons. The number of nitrogens with zero attached hydrogens (tertiary/aromatic N) is 1. The molecule has 0 radical (unpaired) electrons. The minimum absolute atomic E-state index is 0.164. The van der Waals surface area contributed by atoms with Crippen molar-refractivity contribution in [1.29, 1.82) is 0 Å². The number of carbonyl (C=O) groups is 1. The van der Waals surface area contributed by atoms with E-state index in [2.05, 4.69) is 6.92 Å². The first kappa shape index (κ1) is 14.2. The zero-order valence-corrected chi connectivity index (χ0v) is 11.0.